The first-order chi connectivity index (χ1) is 34.4. The van der Waals surface area contributed by atoms with Crippen molar-refractivity contribution in [2.75, 3.05) is 13.1 Å². The minimum absolute atomic E-state index is 0.0406. The average Bonchev–Trinajstić information content (AvgIpc) is 3.99. The Morgan fingerprint density at radius 3 is 1.96 bits per heavy atom. The number of carboxylic acid groups (broad SMARTS) is 2. The number of nitrogens with zero attached hydrogens (tertiary/aromatic N) is 1. The first-order valence-electron chi connectivity index (χ1n) is 24.0. The molecule has 0 unspecified atom stereocenters. The Labute approximate surface area is 421 Å². The maximum atomic E-state index is 14.0. The number of para-hydroxylation sites is 1. The third-order valence-electron chi connectivity index (χ3n) is 12.1. The number of carbonyl (C=O) groups is 10. The van der Waals surface area contributed by atoms with Gasteiger partial charge in [0.2, 0.25) is 47.3 Å². The predicted octanol–water partition coefficient (Wildman–Crippen LogP) is -1.34. The molecule has 2 aromatic carbocycles. The molecule has 24 nitrogen and oxygen atoms in total. The number of amides is 8. The topological polar surface area (TPSA) is 381 Å². The number of benzene rings is 2. The van der Waals surface area contributed by atoms with Crippen molar-refractivity contribution < 1.29 is 68.4 Å². The molecule has 3 aromatic rings. The molecule has 0 bridgehead atoms. The second kappa shape index (κ2) is 26.7. The fourth-order valence-electron chi connectivity index (χ4n) is 8.16. The summed E-state index contributed by atoms with van der Waals surface area (Å²) in [5.74, 6) is -10.5. The lowest BCUT2D eigenvalue weighted by atomic mass is 9.99. The Hall–Kier alpha value is -7.60. The number of aliphatic hydroxyl groups excluding tert-OH is 1. The zero-order valence-electron chi connectivity index (χ0n) is 41.6. The number of nitrogens with one attached hydrogen (secondary N) is 8. The van der Waals surface area contributed by atoms with E-state index < -0.39 is 133 Å². The largest absolute Gasteiger partial charge is 0.508 e. The lowest BCUT2D eigenvalue weighted by Gasteiger charge is -2.28. The van der Waals surface area contributed by atoms with Crippen LogP contribution in [0.4, 0.5) is 0 Å². The van der Waals surface area contributed by atoms with Crippen LogP contribution in [0.5, 0.6) is 5.75 Å². The van der Waals surface area contributed by atoms with Gasteiger partial charge in [-0.15, -0.1) is 0 Å². The van der Waals surface area contributed by atoms with Crippen molar-refractivity contribution in [1.29, 1.82) is 0 Å². The van der Waals surface area contributed by atoms with Crippen LogP contribution in [0.3, 0.4) is 0 Å². The van der Waals surface area contributed by atoms with Gasteiger partial charge in [-0.25, -0.2) is 4.79 Å². The third kappa shape index (κ3) is 17.0. The van der Waals surface area contributed by atoms with Crippen LogP contribution in [-0.2, 0) is 60.8 Å². The number of H-pyrrole nitrogens is 1. The van der Waals surface area contributed by atoms with Crippen LogP contribution in [0.1, 0.15) is 78.4 Å². The van der Waals surface area contributed by atoms with Gasteiger partial charge in [0.05, 0.1) is 25.1 Å². The molecule has 4 rings (SSSR count). The van der Waals surface area contributed by atoms with Crippen molar-refractivity contribution in [3.05, 3.63) is 65.9 Å². The standard InChI is InChI=1S/C49H68N10O14/c1-24(2)18-34(45(68)53-26(5)42(65)58-41(27(6)60)49(72)73)55-47(70)37-12-9-17-59(37)38(62)23-52-44(67)36(21-39(63)64)56-48(71)40(25(3)4)57-46(69)35(19-28-13-15-30(61)16-14-28)54-43(66)32(50)20-29-22-51-33-11-8-7-10-31(29)33/h7-8,10-11,13-16,22,24-27,32,34-37,40-41,51,60-61H,9,12,17-21,23,50H2,1-6H3,(H,52,67)(H,53,68)(H,54,66)(H,55,70)(H,56,71)(H,57,69)(H,58,65)(H,63,64)(H,72,73)/t26-,27+,32-,34-,35-,36-,37-,40-,41-/m0/s1. The highest BCUT2D eigenvalue weighted by Gasteiger charge is 2.38. The maximum Gasteiger partial charge on any atom is 0.328 e. The predicted molar refractivity (Wildman–Crippen MR) is 263 cm³/mol. The maximum absolute atomic E-state index is 14.0. The number of aromatic hydroxyl groups is 1. The highest BCUT2D eigenvalue weighted by atomic mass is 16.4. The summed E-state index contributed by atoms with van der Waals surface area (Å²) < 4.78 is 0. The first-order valence-corrected chi connectivity index (χ1v) is 24.0. The summed E-state index contributed by atoms with van der Waals surface area (Å²) in [7, 11) is 0. The molecule has 0 spiro atoms. The lowest BCUT2D eigenvalue weighted by molar-refractivity contribution is -0.145. The van der Waals surface area contributed by atoms with Gasteiger partial charge in [-0.05, 0) is 80.7 Å². The number of carbonyl (C=O) groups excluding carboxylic acids is 8. The molecular weight excluding hydrogens is 953 g/mol. The van der Waals surface area contributed by atoms with Crippen LogP contribution >= 0.6 is 0 Å². The fraction of sp³-hybridized carbons (Fsp3) is 0.510. The van der Waals surface area contributed by atoms with Gasteiger partial charge in [-0.2, -0.15) is 0 Å². The highest BCUT2D eigenvalue weighted by molar-refractivity contribution is 5.98. The van der Waals surface area contributed by atoms with Crippen LogP contribution in [0.15, 0.2) is 54.7 Å². The summed E-state index contributed by atoms with van der Waals surface area (Å²) in [4.78, 5) is 136. The van der Waals surface area contributed by atoms with Crippen LogP contribution in [0.2, 0.25) is 0 Å². The number of rotatable bonds is 26. The molecule has 0 saturated carbocycles. The Bertz CT molecular complexity index is 2480. The van der Waals surface area contributed by atoms with Gasteiger partial charge in [0, 0.05) is 30.1 Å². The summed E-state index contributed by atoms with van der Waals surface area (Å²) in [5.41, 5.74) is 8.48. The number of aliphatic hydroxyl groups is 1. The van der Waals surface area contributed by atoms with E-state index in [2.05, 4.69) is 42.2 Å². The molecule has 1 fully saturated rings. The quantitative estimate of drug-likeness (QED) is 0.0443. The average molecular weight is 1020 g/mol. The second-order valence-electron chi connectivity index (χ2n) is 18.9. The van der Waals surface area contributed by atoms with Gasteiger partial charge < -0.3 is 73.3 Å². The number of fused-ring (bicyclic) bond motifs is 1. The number of phenolic OH excluding ortho intramolecular Hbond substituents is 1. The number of nitrogens with two attached hydrogens (primary N) is 1. The molecule has 1 aliphatic rings. The number of aromatic nitrogens is 1. The van der Waals surface area contributed by atoms with Crippen molar-refractivity contribution in [1.82, 2.24) is 47.1 Å². The lowest BCUT2D eigenvalue weighted by Crippen LogP contribution is -2.60. The number of phenols is 1. The molecule has 0 radical (unpaired) electrons. The Balaban J connectivity index is 1.41. The highest BCUT2D eigenvalue weighted by Crippen LogP contribution is 2.21. The van der Waals surface area contributed by atoms with Crippen molar-refractivity contribution in [2.45, 2.75) is 135 Å². The van der Waals surface area contributed by atoms with E-state index in [4.69, 9.17) is 5.73 Å². The monoisotopic (exact) mass is 1020 g/mol. The summed E-state index contributed by atoms with van der Waals surface area (Å²) in [5, 5.41) is 56.7. The van der Waals surface area contributed by atoms with Crippen molar-refractivity contribution in [3.63, 3.8) is 0 Å². The van der Waals surface area contributed by atoms with Crippen molar-refractivity contribution in [3.8, 4) is 5.75 Å². The SMILES string of the molecule is CC(C)C[C@H](NC(=O)[C@@H]1CCCN1C(=O)CNC(=O)[C@H](CC(=O)O)NC(=O)[C@@H](NC(=O)[C@H](Cc1ccc(O)cc1)NC(=O)[C@@H](N)Cc1c[nH]c2ccccc12)C(C)C)C(=O)N[C@@H](C)C(=O)N[C@H](C(=O)O)[C@@H](C)O. The van der Waals surface area contributed by atoms with Gasteiger partial charge in [-0.1, -0.05) is 58.0 Å². The molecule has 1 aliphatic heterocycles. The first kappa shape index (κ1) is 58.0. The van der Waals surface area contributed by atoms with Gasteiger partial charge in [0.15, 0.2) is 6.04 Å². The van der Waals surface area contributed by atoms with Gasteiger partial charge in [0.1, 0.15) is 42.0 Å². The van der Waals surface area contributed by atoms with Crippen molar-refractivity contribution in [2.24, 2.45) is 17.6 Å². The Morgan fingerprint density at radius 2 is 1.34 bits per heavy atom. The van der Waals surface area contributed by atoms with Crippen LogP contribution < -0.4 is 43.0 Å². The van der Waals surface area contributed by atoms with Crippen LogP contribution in [-0.4, -0.2) is 157 Å². The molecule has 1 aromatic heterocycles. The minimum Gasteiger partial charge on any atom is -0.508 e. The summed E-state index contributed by atoms with van der Waals surface area (Å²) in [6.07, 6.45) is 0.0107. The third-order valence-corrected chi connectivity index (χ3v) is 12.1. The number of aromatic amines is 1. The summed E-state index contributed by atoms with van der Waals surface area (Å²) >= 11 is 0. The molecule has 8 amide bonds. The molecule has 398 valence electrons. The van der Waals surface area contributed by atoms with E-state index in [0.29, 0.717) is 12.0 Å². The number of carboxylic acids is 2. The van der Waals surface area contributed by atoms with E-state index in [0.717, 1.165) is 16.5 Å². The van der Waals surface area contributed by atoms with Crippen LogP contribution in [0, 0.1) is 11.8 Å². The van der Waals surface area contributed by atoms with E-state index in [1.54, 1.807) is 46.0 Å². The Morgan fingerprint density at radius 1 is 0.712 bits per heavy atom. The molecule has 0 aliphatic carbocycles. The van der Waals surface area contributed by atoms with Gasteiger partial charge in [0.25, 0.3) is 0 Å². The van der Waals surface area contributed by atoms with E-state index in [1.165, 1.54) is 30.9 Å². The summed E-state index contributed by atoms with van der Waals surface area (Å²) in [6.45, 7) is 8.52. The van der Waals surface area contributed by atoms with Crippen molar-refractivity contribution >= 4 is 70.1 Å². The van der Waals surface area contributed by atoms with Gasteiger partial charge in [-0.3, -0.25) is 43.2 Å². The van der Waals surface area contributed by atoms with Gasteiger partial charge >= 0.3 is 11.9 Å². The second-order valence-corrected chi connectivity index (χ2v) is 18.9. The molecule has 1 saturated heterocycles. The zero-order valence-corrected chi connectivity index (χ0v) is 41.6. The zero-order chi connectivity index (χ0) is 54.3. The smallest absolute Gasteiger partial charge is 0.328 e. The number of likely N-dealkylation sites (tertiary alicyclic amines) is 1. The summed E-state index contributed by atoms with van der Waals surface area (Å²) in [6, 6.07) is 2.53. The van der Waals surface area contributed by atoms with E-state index in [-0.39, 0.29) is 43.9 Å². The normalized spacial score (nSPS) is 16.7. The van der Waals surface area contributed by atoms with Crippen LogP contribution in [0.25, 0.3) is 10.9 Å². The molecule has 2 heterocycles. The molecule has 9 atom stereocenters. The molecule has 14 N–H and O–H groups in total. The van der Waals surface area contributed by atoms with E-state index >= 15 is 0 Å². The number of hydrogen-bond donors (Lipinski definition) is 13. The molecular formula is C49H68N10O14. The minimum atomic E-state index is -1.76. The van der Waals surface area contributed by atoms with E-state index in [9.17, 15) is 68.4 Å². The fourth-order valence-corrected chi connectivity index (χ4v) is 8.16. The molecule has 24 heteroatoms. The molecule has 73 heavy (non-hydrogen) atoms. The van der Waals surface area contributed by atoms with E-state index in [1.807, 2.05) is 24.3 Å². The Kier molecular flexibility index (Phi) is 21.2. The number of aliphatic carboxylic acids is 2. The number of hydrogen-bond acceptors (Lipinski definition) is 13.